The summed E-state index contributed by atoms with van der Waals surface area (Å²) in [5, 5.41) is 2.79. The summed E-state index contributed by atoms with van der Waals surface area (Å²) in [6.45, 7) is 2.67. The van der Waals surface area contributed by atoms with E-state index in [-0.39, 0.29) is 11.9 Å². The van der Waals surface area contributed by atoms with E-state index in [0.29, 0.717) is 38.8 Å². The van der Waals surface area contributed by atoms with Crippen molar-refractivity contribution < 1.29 is 14.3 Å². The number of ether oxygens (including phenoxy) is 1. The number of aryl methyl sites for hydroxylation is 1. The topological polar surface area (TPSA) is 81.4 Å². The molecule has 5 nitrogen and oxygen atoms in total. The van der Waals surface area contributed by atoms with Gasteiger partial charge in [-0.05, 0) is 37.5 Å². The summed E-state index contributed by atoms with van der Waals surface area (Å²) in [5.74, 6) is -0.227. The van der Waals surface area contributed by atoms with Crippen LogP contribution in [0.4, 0.5) is 5.69 Å². The summed E-state index contributed by atoms with van der Waals surface area (Å²) >= 11 is 0. The van der Waals surface area contributed by atoms with Crippen LogP contribution in [0.2, 0.25) is 0 Å². The number of esters is 1. The highest BCUT2D eigenvalue weighted by Crippen LogP contribution is 2.07. The van der Waals surface area contributed by atoms with E-state index in [1.54, 1.807) is 6.92 Å². The molecule has 0 unspecified atom stereocenters. The third-order valence-corrected chi connectivity index (χ3v) is 2.81. The molecule has 0 heterocycles. The Morgan fingerprint density at radius 1 is 1.20 bits per heavy atom. The molecule has 0 saturated heterocycles. The second-order valence-electron chi connectivity index (χ2n) is 4.50. The molecule has 0 bridgehead atoms. The Labute approximate surface area is 119 Å². The van der Waals surface area contributed by atoms with Gasteiger partial charge >= 0.3 is 5.97 Å². The van der Waals surface area contributed by atoms with Crippen LogP contribution in [0.3, 0.4) is 0 Å². The smallest absolute Gasteiger partial charge is 0.305 e. The first-order valence-electron chi connectivity index (χ1n) is 6.88. The zero-order chi connectivity index (χ0) is 14.8. The number of carbonyl (C=O) groups excluding carboxylic acids is 2. The normalized spacial score (nSPS) is 10.1. The van der Waals surface area contributed by atoms with Gasteiger partial charge in [-0.2, -0.15) is 0 Å². The van der Waals surface area contributed by atoms with Crippen molar-refractivity contribution in [3.05, 3.63) is 29.8 Å². The predicted molar refractivity (Wildman–Crippen MR) is 78.1 cm³/mol. The molecule has 0 radical (unpaired) electrons. The molecular formula is C15H22N2O3. The van der Waals surface area contributed by atoms with Crippen LogP contribution in [0.5, 0.6) is 0 Å². The fourth-order valence-electron chi connectivity index (χ4n) is 1.72. The van der Waals surface area contributed by atoms with Crippen LogP contribution >= 0.6 is 0 Å². The number of nitrogens with one attached hydrogen (secondary N) is 1. The van der Waals surface area contributed by atoms with Gasteiger partial charge in [0.05, 0.1) is 6.61 Å². The van der Waals surface area contributed by atoms with Crippen LogP contribution in [0.15, 0.2) is 24.3 Å². The Hall–Kier alpha value is -2.04. The van der Waals surface area contributed by atoms with Gasteiger partial charge in [0, 0.05) is 25.1 Å². The minimum atomic E-state index is -0.219. The highest BCUT2D eigenvalue weighted by atomic mass is 16.5. The Morgan fingerprint density at radius 3 is 2.55 bits per heavy atom. The molecule has 0 spiro atoms. The number of benzene rings is 1. The predicted octanol–water partition coefficient (Wildman–Crippen LogP) is 1.66. The molecule has 3 N–H and O–H groups in total. The number of nitrogens with two attached hydrogens (primary N) is 1. The second kappa shape index (κ2) is 8.96. The summed E-state index contributed by atoms with van der Waals surface area (Å²) < 4.78 is 4.80. The third kappa shape index (κ3) is 6.78. The molecule has 0 aliphatic rings. The zero-order valence-corrected chi connectivity index (χ0v) is 11.9. The first kappa shape index (κ1) is 16.0. The van der Waals surface area contributed by atoms with Crippen molar-refractivity contribution in [3.8, 4) is 0 Å². The largest absolute Gasteiger partial charge is 0.466 e. The maximum atomic E-state index is 11.6. The maximum Gasteiger partial charge on any atom is 0.305 e. The highest BCUT2D eigenvalue weighted by molar-refractivity contribution is 5.76. The van der Waals surface area contributed by atoms with Gasteiger partial charge in [0.1, 0.15) is 0 Å². The Bertz CT molecular complexity index is 429. The molecule has 0 saturated carbocycles. The molecule has 1 aromatic rings. The van der Waals surface area contributed by atoms with Crippen LogP contribution < -0.4 is 11.1 Å². The van der Waals surface area contributed by atoms with Crippen LogP contribution in [0, 0.1) is 0 Å². The summed E-state index contributed by atoms with van der Waals surface area (Å²) in [6, 6.07) is 7.49. The van der Waals surface area contributed by atoms with Crippen LogP contribution in [0.25, 0.3) is 0 Å². The third-order valence-electron chi connectivity index (χ3n) is 2.81. The van der Waals surface area contributed by atoms with Crippen molar-refractivity contribution in [1.29, 1.82) is 0 Å². The van der Waals surface area contributed by atoms with E-state index in [1.165, 1.54) is 0 Å². The minimum absolute atomic E-state index is 0.00863. The summed E-state index contributed by atoms with van der Waals surface area (Å²) in [5.41, 5.74) is 7.40. The molecule has 0 aromatic heterocycles. The SMILES string of the molecule is CCOC(=O)CCCNC(=O)CCc1ccc(N)cc1. The Kier molecular flexibility index (Phi) is 7.17. The summed E-state index contributed by atoms with van der Waals surface area (Å²) in [4.78, 5) is 22.7. The van der Waals surface area contributed by atoms with E-state index < -0.39 is 0 Å². The minimum Gasteiger partial charge on any atom is -0.466 e. The van der Waals surface area contributed by atoms with E-state index in [1.807, 2.05) is 24.3 Å². The Morgan fingerprint density at radius 2 is 1.90 bits per heavy atom. The molecule has 20 heavy (non-hydrogen) atoms. The molecule has 1 aromatic carbocycles. The van der Waals surface area contributed by atoms with Gasteiger partial charge in [-0.3, -0.25) is 9.59 Å². The van der Waals surface area contributed by atoms with Gasteiger partial charge < -0.3 is 15.8 Å². The van der Waals surface area contributed by atoms with Crippen molar-refractivity contribution in [2.45, 2.75) is 32.6 Å². The van der Waals surface area contributed by atoms with Crippen molar-refractivity contribution in [3.63, 3.8) is 0 Å². The van der Waals surface area contributed by atoms with Gasteiger partial charge in [-0.1, -0.05) is 12.1 Å². The van der Waals surface area contributed by atoms with Crippen molar-refractivity contribution in [1.82, 2.24) is 5.32 Å². The average molecular weight is 278 g/mol. The molecule has 0 atom stereocenters. The Balaban J connectivity index is 2.11. The monoisotopic (exact) mass is 278 g/mol. The number of hydrogen-bond donors (Lipinski definition) is 2. The molecule has 0 aliphatic carbocycles. The fourth-order valence-corrected chi connectivity index (χ4v) is 1.72. The standard InChI is InChI=1S/C15H22N2O3/c1-2-20-15(19)4-3-11-17-14(18)10-7-12-5-8-13(16)9-6-12/h5-6,8-9H,2-4,7,10-11,16H2,1H3,(H,17,18). The second-order valence-corrected chi connectivity index (χ2v) is 4.50. The van der Waals surface area contributed by atoms with Gasteiger partial charge in [-0.15, -0.1) is 0 Å². The lowest BCUT2D eigenvalue weighted by Gasteiger charge is -2.05. The average Bonchev–Trinajstić information content (AvgIpc) is 2.43. The molecule has 5 heteroatoms. The lowest BCUT2D eigenvalue weighted by Crippen LogP contribution is -2.25. The van der Waals surface area contributed by atoms with Crippen LogP contribution in [-0.4, -0.2) is 25.0 Å². The van der Waals surface area contributed by atoms with Crippen LogP contribution in [0.1, 0.15) is 31.7 Å². The quantitative estimate of drug-likeness (QED) is 0.430. The number of anilines is 1. The number of hydrogen-bond acceptors (Lipinski definition) is 4. The van der Waals surface area contributed by atoms with E-state index in [4.69, 9.17) is 10.5 Å². The van der Waals surface area contributed by atoms with Gasteiger partial charge in [0.15, 0.2) is 0 Å². The van der Waals surface area contributed by atoms with E-state index >= 15 is 0 Å². The number of carbonyl (C=O) groups is 2. The first-order valence-corrected chi connectivity index (χ1v) is 6.88. The van der Waals surface area contributed by atoms with Crippen molar-refractivity contribution in [2.24, 2.45) is 0 Å². The summed E-state index contributed by atoms with van der Waals surface area (Å²) in [6.07, 6.45) is 2.06. The lowest BCUT2D eigenvalue weighted by atomic mass is 10.1. The zero-order valence-electron chi connectivity index (χ0n) is 11.9. The molecule has 110 valence electrons. The highest BCUT2D eigenvalue weighted by Gasteiger charge is 2.04. The molecular weight excluding hydrogens is 256 g/mol. The van der Waals surface area contributed by atoms with E-state index in [0.717, 1.165) is 11.3 Å². The van der Waals surface area contributed by atoms with Gasteiger partial charge in [-0.25, -0.2) is 0 Å². The maximum absolute atomic E-state index is 11.6. The molecule has 0 fully saturated rings. The van der Waals surface area contributed by atoms with E-state index in [2.05, 4.69) is 5.32 Å². The molecule has 1 amide bonds. The number of amides is 1. The molecule has 0 aliphatic heterocycles. The fraction of sp³-hybridized carbons (Fsp3) is 0.467. The van der Waals surface area contributed by atoms with Crippen molar-refractivity contribution in [2.75, 3.05) is 18.9 Å². The van der Waals surface area contributed by atoms with Crippen LogP contribution in [-0.2, 0) is 20.7 Å². The van der Waals surface area contributed by atoms with Gasteiger partial charge in [0.2, 0.25) is 5.91 Å². The van der Waals surface area contributed by atoms with Gasteiger partial charge in [0.25, 0.3) is 0 Å². The van der Waals surface area contributed by atoms with Crippen molar-refractivity contribution >= 4 is 17.6 Å². The first-order chi connectivity index (χ1) is 9.61. The van der Waals surface area contributed by atoms with E-state index in [9.17, 15) is 9.59 Å². The number of nitrogen functional groups attached to an aromatic ring is 1. The lowest BCUT2D eigenvalue weighted by molar-refractivity contribution is -0.143. The summed E-state index contributed by atoms with van der Waals surface area (Å²) in [7, 11) is 0. The molecule has 1 rings (SSSR count). The number of rotatable bonds is 8.